The van der Waals surface area contributed by atoms with Crippen molar-refractivity contribution >= 4 is 11.6 Å². The Hall–Kier alpha value is -2.53. The van der Waals surface area contributed by atoms with Gasteiger partial charge in [-0.15, -0.1) is 0 Å². The number of hydrogen-bond acceptors (Lipinski definition) is 4. The Bertz CT molecular complexity index is 811. The number of nitrogens with one attached hydrogen (secondary N) is 2. The number of piperidine rings is 1. The van der Waals surface area contributed by atoms with Gasteiger partial charge in [-0.25, -0.2) is 0 Å². The Kier molecular flexibility index (Phi) is 5.53. The van der Waals surface area contributed by atoms with Crippen molar-refractivity contribution in [2.45, 2.75) is 44.8 Å². The molecule has 2 aromatic rings. The van der Waals surface area contributed by atoms with E-state index in [1.807, 2.05) is 25.1 Å². The molecule has 5 heteroatoms. The van der Waals surface area contributed by atoms with Gasteiger partial charge in [0.2, 0.25) is 5.91 Å². The van der Waals surface area contributed by atoms with Gasteiger partial charge in [-0.1, -0.05) is 30.3 Å². The van der Waals surface area contributed by atoms with Gasteiger partial charge in [0.25, 0.3) is 0 Å². The second-order valence-electron chi connectivity index (χ2n) is 7.87. The third-order valence-corrected chi connectivity index (χ3v) is 5.85. The second kappa shape index (κ2) is 8.23. The van der Waals surface area contributed by atoms with Gasteiger partial charge < -0.3 is 15.4 Å². The zero-order valence-electron chi connectivity index (χ0n) is 16.5. The lowest BCUT2D eigenvalue weighted by atomic mass is 9.82. The molecular formula is C23H29N3O2. The molecular weight excluding hydrogens is 350 g/mol. The van der Waals surface area contributed by atoms with Crippen molar-refractivity contribution in [1.82, 2.24) is 10.2 Å². The predicted octanol–water partition coefficient (Wildman–Crippen LogP) is 3.55. The molecule has 1 fully saturated rings. The van der Waals surface area contributed by atoms with E-state index in [2.05, 4.69) is 45.9 Å². The topological polar surface area (TPSA) is 53.6 Å². The highest BCUT2D eigenvalue weighted by molar-refractivity contribution is 5.79. The molecule has 0 aliphatic carbocycles. The molecule has 0 atom stereocenters. The van der Waals surface area contributed by atoms with E-state index >= 15 is 0 Å². The monoisotopic (exact) mass is 379 g/mol. The van der Waals surface area contributed by atoms with Gasteiger partial charge in [-0.05, 0) is 49.1 Å². The Morgan fingerprint density at radius 1 is 1.07 bits per heavy atom. The average Bonchev–Trinajstić information content (AvgIpc) is 2.70. The second-order valence-corrected chi connectivity index (χ2v) is 7.87. The zero-order chi connectivity index (χ0) is 19.4. The van der Waals surface area contributed by atoms with Gasteiger partial charge in [-0.2, -0.15) is 0 Å². The summed E-state index contributed by atoms with van der Waals surface area (Å²) in [6.45, 7) is 6.19. The van der Waals surface area contributed by atoms with E-state index in [0.717, 1.165) is 49.5 Å². The Morgan fingerprint density at radius 2 is 1.82 bits per heavy atom. The highest BCUT2D eigenvalue weighted by atomic mass is 16.5. The number of amides is 1. The van der Waals surface area contributed by atoms with Crippen LogP contribution in [0.15, 0.2) is 48.5 Å². The summed E-state index contributed by atoms with van der Waals surface area (Å²) in [5.41, 5.74) is 3.46. The quantitative estimate of drug-likeness (QED) is 0.853. The minimum atomic E-state index is -0.157. The van der Waals surface area contributed by atoms with E-state index in [0.29, 0.717) is 19.6 Å². The van der Waals surface area contributed by atoms with Crippen LogP contribution in [-0.4, -0.2) is 36.0 Å². The number of carbonyl (C=O) groups is 1. The van der Waals surface area contributed by atoms with Crippen molar-refractivity contribution < 1.29 is 9.53 Å². The van der Waals surface area contributed by atoms with Gasteiger partial charge >= 0.3 is 0 Å². The van der Waals surface area contributed by atoms with E-state index in [9.17, 15) is 4.79 Å². The van der Waals surface area contributed by atoms with Crippen molar-refractivity contribution in [1.29, 1.82) is 0 Å². The lowest BCUT2D eigenvalue weighted by Gasteiger charge is -2.44. The molecule has 0 bridgehead atoms. The standard InChI is InChI=1S/C23H29N3O2/c1-2-28-20-9-7-18(8-10-20)17-26-13-11-23(12-14-26)15-22(27)24-16-19-5-3-4-6-21(19)25-23/h3-10,25H,2,11-17H2,1H3,(H,24,27). The van der Waals surface area contributed by atoms with E-state index in [1.165, 1.54) is 5.56 Å². The molecule has 4 rings (SSSR count). The van der Waals surface area contributed by atoms with Crippen LogP contribution in [0.4, 0.5) is 5.69 Å². The minimum absolute atomic E-state index is 0.141. The summed E-state index contributed by atoms with van der Waals surface area (Å²) < 4.78 is 5.53. The lowest BCUT2D eigenvalue weighted by molar-refractivity contribution is -0.122. The fraction of sp³-hybridized carbons (Fsp3) is 0.435. The molecule has 148 valence electrons. The molecule has 0 radical (unpaired) electrons. The van der Waals surface area contributed by atoms with Crippen molar-refractivity contribution in [3.8, 4) is 5.75 Å². The van der Waals surface area contributed by atoms with E-state index in [1.54, 1.807) is 0 Å². The first-order valence-electron chi connectivity index (χ1n) is 10.2. The maximum absolute atomic E-state index is 12.4. The maximum atomic E-state index is 12.4. The highest BCUT2D eigenvalue weighted by Crippen LogP contribution is 2.33. The zero-order valence-corrected chi connectivity index (χ0v) is 16.5. The number of fused-ring (bicyclic) bond motifs is 1. The molecule has 2 aliphatic heterocycles. The van der Waals surface area contributed by atoms with E-state index < -0.39 is 0 Å². The fourth-order valence-electron chi connectivity index (χ4n) is 4.25. The van der Waals surface area contributed by atoms with Crippen LogP contribution in [0.2, 0.25) is 0 Å². The van der Waals surface area contributed by atoms with Crippen LogP contribution in [0, 0.1) is 0 Å². The summed E-state index contributed by atoms with van der Waals surface area (Å²) in [7, 11) is 0. The van der Waals surface area contributed by atoms with Crippen molar-refractivity contribution in [2.75, 3.05) is 25.0 Å². The molecule has 0 unspecified atom stereocenters. The van der Waals surface area contributed by atoms with Gasteiger partial charge in [0.15, 0.2) is 0 Å². The third-order valence-electron chi connectivity index (χ3n) is 5.85. The van der Waals surface area contributed by atoms with Gasteiger partial charge in [0.1, 0.15) is 5.75 Å². The predicted molar refractivity (Wildman–Crippen MR) is 111 cm³/mol. The van der Waals surface area contributed by atoms with E-state index in [4.69, 9.17) is 4.74 Å². The fourth-order valence-corrected chi connectivity index (χ4v) is 4.25. The van der Waals surface area contributed by atoms with Crippen LogP contribution in [0.1, 0.15) is 37.3 Å². The van der Waals surface area contributed by atoms with Crippen LogP contribution in [0.3, 0.4) is 0 Å². The first-order valence-corrected chi connectivity index (χ1v) is 10.2. The molecule has 1 saturated heterocycles. The first kappa shape index (κ1) is 18.8. The van der Waals surface area contributed by atoms with E-state index in [-0.39, 0.29) is 11.4 Å². The molecule has 2 N–H and O–H groups in total. The smallest absolute Gasteiger partial charge is 0.222 e. The number of carbonyl (C=O) groups excluding carboxylic acids is 1. The Labute approximate surface area is 167 Å². The number of rotatable bonds is 4. The van der Waals surface area contributed by atoms with Crippen LogP contribution in [0.25, 0.3) is 0 Å². The molecule has 2 aliphatic rings. The number of anilines is 1. The number of para-hydroxylation sites is 1. The van der Waals surface area contributed by atoms with Crippen molar-refractivity contribution in [3.05, 3.63) is 59.7 Å². The first-order chi connectivity index (χ1) is 13.7. The van der Waals surface area contributed by atoms with Crippen molar-refractivity contribution in [2.24, 2.45) is 0 Å². The summed E-state index contributed by atoms with van der Waals surface area (Å²) in [6.07, 6.45) is 2.47. The molecule has 0 aromatic heterocycles. The molecule has 2 aromatic carbocycles. The largest absolute Gasteiger partial charge is 0.494 e. The number of likely N-dealkylation sites (tertiary alicyclic amines) is 1. The number of nitrogens with zero attached hydrogens (tertiary/aromatic N) is 1. The normalized spacial score (nSPS) is 19.1. The van der Waals surface area contributed by atoms with Crippen LogP contribution >= 0.6 is 0 Å². The van der Waals surface area contributed by atoms with Crippen LogP contribution in [0.5, 0.6) is 5.75 Å². The minimum Gasteiger partial charge on any atom is -0.494 e. The summed E-state index contributed by atoms with van der Waals surface area (Å²) >= 11 is 0. The van der Waals surface area contributed by atoms with Gasteiger partial charge in [0, 0.05) is 43.8 Å². The molecule has 0 saturated carbocycles. The summed E-state index contributed by atoms with van der Waals surface area (Å²) in [5, 5.41) is 6.82. The summed E-state index contributed by atoms with van der Waals surface area (Å²) in [6, 6.07) is 16.7. The molecule has 2 heterocycles. The lowest BCUT2D eigenvalue weighted by Crippen LogP contribution is -2.52. The number of benzene rings is 2. The molecule has 1 spiro atoms. The Morgan fingerprint density at radius 3 is 2.57 bits per heavy atom. The van der Waals surface area contributed by atoms with Crippen molar-refractivity contribution in [3.63, 3.8) is 0 Å². The maximum Gasteiger partial charge on any atom is 0.222 e. The Balaban J connectivity index is 1.41. The molecule has 28 heavy (non-hydrogen) atoms. The molecule has 5 nitrogen and oxygen atoms in total. The highest BCUT2D eigenvalue weighted by Gasteiger charge is 2.37. The van der Waals surface area contributed by atoms with Crippen LogP contribution in [-0.2, 0) is 17.9 Å². The number of hydrogen-bond donors (Lipinski definition) is 2. The summed E-state index contributed by atoms with van der Waals surface area (Å²) in [5.74, 6) is 1.06. The summed E-state index contributed by atoms with van der Waals surface area (Å²) in [4.78, 5) is 14.9. The van der Waals surface area contributed by atoms with Crippen LogP contribution < -0.4 is 15.4 Å². The van der Waals surface area contributed by atoms with Gasteiger partial charge in [-0.3, -0.25) is 9.69 Å². The molecule has 1 amide bonds. The third kappa shape index (κ3) is 4.30. The number of ether oxygens (including phenoxy) is 1. The van der Waals surface area contributed by atoms with Gasteiger partial charge in [0.05, 0.1) is 6.61 Å². The SMILES string of the molecule is CCOc1ccc(CN2CCC3(CC2)CC(=O)NCc2ccccc2N3)cc1. The average molecular weight is 380 g/mol.